The first-order valence-corrected chi connectivity index (χ1v) is 7.68. The molecule has 1 amide bonds. The van der Waals surface area contributed by atoms with E-state index >= 15 is 0 Å². The molecule has 2 N–H and O–H groups in total. The van der Waals surface area contributed by atoms with E-state index in [9.17, 15) is 9.59 Å². The van der Waals surface area contributed by atoms with E-state index in [2.05, 4.69) is 21.5 Å². The Morgan fingerprint density at radius 1 is 1.32 bits per heavy atom. The van der Waals surface area contributed by atoms with Gasteiger partial charge in [0.2, 0.25) is 0 Å². The monoisotopic (exact) mass is 345 g/mol. The van der Waals surface area contributed by atoms with Crippen molar-refractivity contribution in [1.29, 1.82) is 0 Å². The highest BCUT2D eigenvalue weighted by Gasteiger charge is 2.38. The molecule has 8 heteroatoms. The number of ether oxygens (including phenoxy) is 2. The molecule has 1 aliphatic heterocycles. The molecule has 8 nitrogen and oxygen atoms in total. The molecule has 0 bridgehead atoms. The van der Waals surface area contributed by atoms with Gasteiger partial charge < -0.3 is 19.9 Å². The summed E-state index contributed by atoms with van der Waals surface area (Å²) < 4.78 is 10.2. The maximum atomic E-state index is 12.2. The molecule has 1 heterocycles. The van der Waals surface area contributed by atoms with E-state index in [1.54, 1.807) is 0 Å². The molecule has 2 rings (SSSR count). The molecule has 0 unspecified atom stereocenters. The summed E-state index contributed by atoms with van der Waals surface area (Å²) in [5.74, 6) is 1.71. The van der Waals surface area contributed by atoms with Crippen molar-refractivity contribution in [2.75, 3.05) is 20.3 Å². The molecule has 132 valence electrons. The minimum absolute atomic E-state index is 0.255. The first kappa shape index (κ1) is 18.3. The van der Waals surface area contributed by atoms with Gasteiger partial charge in [0.15, 0.2) is 23.8 Å². The number of carbonyl (C=O) groups is 2. The van der Waals surface area contributed by atoms with E-state index in [1.807, 2.05) is 0 Å². The van der Waals surface area contributed by atoms with E-state index in [-0.39, 0.29) is 17.4 Å². The number of terminal acetylenes is 1. The van der Waals surface area contributed by atoms with Crippen LogP contribution in [0.15, 0.2) is 28.4 Å². The highest BCUT2D eigenvalue weighted by molar-refractivity contribution is 5.94. The lowest BCUT2D eigenvalue weighted by Gasteiger charge is -2.12. The first-order chi connectivity index (χ1) is 12.0. The Morgan fingerprint density at radius 2 is 2.08 bits per heavy atom. The summed E-state index contributed by atoms with van der Waals surface area (Å²) >= 11 is 0. The highest BCUT2D eigenvalue weighted by atomic mass is 16.5. The fraction of sp³-hybridized carbons (Fsp3) is 0.412. The number of nitrogens with one attached hydrogen (secondary N) is 1. The zero-order chi connectivity index (χ0) is 18.3. The lowest BCUT2D eigenvalue weighted by atomic mass is 10.0. The Balaban J connectivity index is 1.89. The summed E-state index contributed by atoms with van der Waals surface area (Å²) in [6, 6.07) is 4.53. The number of rotatable bonds is 10. The molecule has 0 saturated carbocycles. The van der Waals surface area contributed by atoms with Crippen molar-refractivity contribution in [3.8, 4) is 23.8 Å². The van der Waals surface area contributed by atoms with Crippen LogP contribution in [-0.4, -0.2) is 42.9 Å². The average molecular weight is 345 g/mol. The maximum Gasteiger partial charge on any atom is 0.341 e. The molecule has 0 atom stereocenters. The second-order valence-electron chi connectivity index (χ2n) is 5.44. The summed E-state index contributed by atoms with van der Waals surface area (Å²) in [4.78, 5) is 22.8. The van der Waals surface area contributed by atoms with Crippen LogP contribution < -0.4 is 14.8 Å². The molecule has 0 spiro atoms. The number of hydrogen-bond acceptors (Lipinski definition) is 6. The van der Waals surface area contributed by atoms with Crippen LogP contribution in [0.4, 0.5) is 0 Å². The molecule has 1 aliphatic rings. The molecular weight excluding hydrogens is 326 g/mol. The summed E-state index contributed by atoms with van der Waals surface area (Å²) in [6.07, 6.45) is 7.11. The Bertz CT molecular complexity index is 717. The number of carboxylic acids is 1. The van der Waals surface area contributed by atoms with Gasteiger partial charge in [-0.05, 0) is 18.2 Å². The van der Waals surface area contributed by atoms with Crippen LogP contribution in [-0.2, 0) is 4.79 Å². The zero-order valence-corrected chi connectivity index (χ0v) is 13.8. The summed E-state index contributed by atoms with van der Waals surface area (Å²) in [7, 11) is 1.41. The van der Waals surface area contributed by atoms with Crippen molar-refractivity contribution in [2.45, 2.75) is 24.9 Å². The zero-order valence-electron chi connectivity index (χ0n) is 13.8. The van der Waals surface area contributed by atoms with E-state index < -0.39 is 18.2 Å². The average Bonchev–Trinajstić information content (AvgIpc) is 3.38. The Hall–Kier alpha value is -3.08. The molecule has 0 fully saturated rings. The van der Waals surface area contributed by atoms with Crippen molar-refractivity contribution in [1.82, 2.24) is 5.32 Å². The minimum atomic E-state index is -1.10. The molecule has 0 radical (unpaired) electrons. The molecule has 0 aromatic heterocycles. The number of nitrogens with zero attached hydrogens (tertiary/aromatic N) is 2. The lowest BCUT2D eigenvalue weighted by Crippen LogP contribution is -2.28. The molecule has 0 saturated heterocycles. The van der Waals surface area contributed by atoms with Crippen LogP contribution in [0.3, 0.4) is 0 Å². The van der Waals surface area contributed by atoms with Gasteiger partial charge in [0, 0.05) is 31.4 Å². The van der Waals surface area contributed by atoms with Crippen molar-refractivity contribution in [2.24, 2.45) is 10.2 Å². The third kappa shape index (κ3) is 5.21. The molecule has 1 aromatic carbocycles. The number of carbonyl (C=O) groups excluding carboxylic acids is 1. The van der Waals surface area contributed by atoms with Gasteiger partial charge in [-0.1, -0.05) is 0 Å². The van der Waals surface area contributed by atoms with Crippen LogP contribution in [0.25, 0.3) is 0 Å². The predicted molar refractivity (Wildman–Crippen MR) is 88.7 cm³/mol. The predicted octanol–water partition coefficient (Wildman–Crippen LogP) is 1.85. The molecular formula is C17H19N3O5. The number of carboxylic acid groups (broad SMARTS) is 1. The van der Waals surface area contributed by atoms with Crippen molar-refractivity contribution >= 4 is 11.9 Å². The smallest absolute Gasteiger partial charge is 0.341 e. The van der Waals surface area contributed by atoms with Gasteiger partial charge in [-0.25, -0.2) is 4.79 Å². The van der Waals surface area contributed by atoms with E-state index in [0.717, 1.165) is 0 Å². The van der Waals surface area contributed by atoms with Crippen molar-refractivity contribution in [3.63, 3.8) is 0 Å². The van der Waals surface area contributed by atoms with Gasteiger partial charge in [0.05, 0.1) is 7.11 Å². The van der Waals surface area contributed by atoms with E-state index in [1.165, 1.54) is 25.3 Å². The van der Waals surface area contributed by atoms with Gasteiger partial charge in [-0.3, -0.25) is 4.79 Å². The molecule has 25 heavy (non-hydrogen) atoms. The summed E-state index contributed by atoms with van der Waals surface area (Å²) in [5, 5.41) is 19.5. The van der Waals surface area contributed by atoms with Crippen molar-refractivity contribution < 1.29 is 24.2 Å². The van der Waals surface area contributed by atoms with E-state index in [4.69, 9.17) is 21.0 Å². The van der Waals surface area contributed by atoms with Crippen LogP contribution in [0.2, 0.25) is 0 Å². The van der Waals surface area contributed by atoms with Crippen molar-refractivity contribution in [3.05, 3.63) is 23.8 Å². The fourth-order valence-corrected chi connectivity index (χ4v) is 2.21. The van der Waals surface area contributed by atoms with Gasteiger partial charge >= 0.3 is 5.97 Å². The second-order valence-corrected chi connectivity index (χ2v) is 5.44. The number of methoxy groups -OCH3 is 1. The highest BCUT2D eigenvalue weighted by Crippen LogP contribution is 2.36. The van der Waals surface area contributed by atoms with Crippen LogP contribution in [0.5, 0.6) is 11.5 Å². The topological polar surface area (TPSA) is 110 Å². The molecule has 0 aliphatic carbocycles. The Labute approximate surface area is 145 Å². The largest absolute Gasteiger partial charge is 0.493 e. The Kier molecular flexibility index (Phi) is 5.95. The van der Waals surface area contributed by atoms with Gasteiger partial charge in [0.25, 0.3) is 5.91 Å². The SMILES string of the molecule is C#CCCC1(CCNC(=O)c2ccc(OCC(=O)O)c(OC)c2)N=N1. The van der Waals surface area contributed by atoms with Crippen LogP contribution >= 0.6 is 0 Å². The summed E-state index contributed by atoms with van der Waals surface area (Å²) in [6.45, 7) is -0.0787. The quantitative estimate of drug-likeness (QED) is 0.629. The first-order valence-electron chi connectivity index (χ1n) is 7.68. The number of hydrogen-bond donors (Lipinski definition) is 2. The van der Waals surface area contributed by atoms with Gasteiger partial charge in [-0.15, -0.1) is 12.3 Å². The maximum absolute atomic E-state index is 12.2. The van der Waals surface area contributed by atoms with E-state index in [0.29, 0.717) is 31.4 Å². The standard InChI is InChI=1S/C17H19N3O5/c1-3-4-7-17(19-20-17)8-9-18-16(23)12-5-6-13(14(10-12)24-2)25-11-15(21)22/h1,5-6,10H,4,7-9,11H2,2H3,(H,18,23)(H,21,22). The number of aliphatic carboxylic acids is 1. The third-order valence-electron chi connectivity index (χ3n) is 3.64. The lowest BCUT2D eigenvalue weighted by molar-refractivity contribution is -0.139. The van der Waals surface area contributed by atoms with Crippen LogP contribution in [0.1, 0.15) is 29.6 Å². The molecule has 1 aromatic rings. The second kappa shape index (κ2) is 8.15. The van der Waals surface area contributed by atoms with Crippen LogP contribution in [0, 0.1) is 12.3 Å². The fourth-order valence-electron chi connectivity index (χ4n) is 2.21. The normalized spacial score (nSPS) is 13.6. The third-order valence-corrected chi connectivity index (χ3v) is 3.64. The van der Waals surface area contributed by atoms with Gasteiger partial charge in [0.1, 0.15) is 0 Å². The number of benzene rings is 1. The van der Waals surface area contributed by atoms with Gasteiger partial charge in [-0.2, -0.15) is 10.2 Å². The minimum Gasteiger partial charge on any atom is -0.493 e. The Morgan fingerprint density at radius 3 is 2.68 bits per heavy atom. The number of amides is 1. The summed E-state index contributed by atoms with van der Waals surface area (Å²) in [5.41, 5.74) is -0.0619.